The fourth-order valence-corrected chi connectivity index (χ4v) is 3.18. The molecule has 25 heavy (non-hydrogen) atoms. The van der Waals surface area contributed by atoms with Crippen LogP contribution in [0.25, 0.3) is 11.0 Å². The molecule has 10 heteroatoms. The van der Waals surface area contributed by atoms with Gasteiger partial charge in [0.2, 0.25) is 0 Å². The van der Waals surface area contributed by atoms with Crippen molar-refractivity contribution < 1.29 is 22.0 Å². The predicted molar refractivity (Wildman–Crippen MR) is 82.3 cm³/mol. The Bertz CT molecular complexity index is 893. The molecule has 1 aromatic carbocycles. The highest BCUT2D eigenvalue weighted by Crippen LogP contribution is 2.37. The number of hydrogen-bond donors (Lipinski definition) is 0. The number of benzene rings is 1. The van der Waals surface area contributed by atoms with Crippen LogP contribution >= 0.6 is 11.8 Å². The fourth-order valence-electron chi connectivity index (χ4n) is 2.32. The maximum atomic E-state index is 13.4. The topological polar surface area (TPSA) is 43.6 Å². The number of hydrogen-bond acceptors (Lipinski definition) is 4. The molecule has 1 atom stereocenters. The number of nitrogens with zero attached hydrogens (tertiary/aromatic N) is 4. The van der Waals surface area contributed by atoms with Gasteiger partial charge >= 0.3 is 12.7 Å². The maximum Gasteiger partial charge on any atom is 0.433 e. The van der Waals surface area contributed by atoms with Gasteiger partial charge < -0.3 is 0 Å². The molecule has 0 bridgehead atoms. The molecule has 0 radical (unpaired) electrons. The van der Waals surface area contributed by atoms with Crippen molar-refractivity contribution in [2.45, 2.75) is 30.1 Å². The normalized spacial score (nSPS) is 13.6. The number of imidazole rings is 1. The van der Waals surface area contributed by atoms with Crippen LogP contribution in [0, 0.1) is 0 Å². The molecule has 0 saturated heterocycles. The Morgan fingerprint density at radius 1 is 1.08 bits per heavy atom. The predicted octanol–water partition coefficient (Wildman–Crippen LogP) is 5.09. The van der Waals surface area contributed by atoms with Crippen molar-refractivity contribution in [1.82, 2.24) is 19.5 Å². The summed E-state index contributed by atoms with van der Waals surface area (Å²) in [6.45, 7) is -1.26. The molecule has 2 aromatic heterocycles. The first kappa shape index (κ1) is 17.6. The van der Waals surface area contributed by atoms with Gasteiger partial charge in [-0.25, -0.2) is 15.0 Å². The number of aromatic nitrogens is 4. The van der Waals surface area contributed by atoms with Gasteiger partial charge in [0.1, 0.15) is 11.5 Å². The van der Waals surface area contributed by atoms with Crippen molar-refractivity contribution in [3.05, 3.63) is 48.0 Å². The molecule has 1 unspecified atom stereocenters. The highest BCUT2D eigenvalue weighted by atomic mass is 32.2. The lowest BCUT2D eigenvalue weighted by Gasteiger charge is -2.13. The average Bonchev–Trinajstić information content (AvgIpc) is 2.94. The molecule has 3 aromatic rings. The second-order valence-electron chi connectivity index (χ2n) is 5.09. The van der Waals surface area contributed by atoms with Gasteiger partial charge in [-0.2, -0.15) is 22.0 Å². The molecule has 0 aliphatic rings. The van der Waals surface area contributed by atoms with Crippen molar-refractivity contribution in [3.63, 3.8) is 0 Å². The van der Waals surface area contributed by atoms with E-state index in [2.05, 4.69) is 15.0 Å². The molecule has 0 saturated carbocycles. The molecule has 0 N–H and O–H groups in total. The molecule has 132 valence electrons. The highest BCUT2D eigenvalue weighted by molar-refractivity contribution is 7.99. The third-order valence-electron chi connectivity index (χ3n) is 3.39. The van der Waals surface area contributed by atoms with Crippen molar-refractivity contribution >= 4 is 22.8 Å². The standard InChI is InChI=1S/C15H11F5N4S/c1-8(25-14-21-7-6-11(23-14)15(18,19)20)12-22-9-4-2-3-5-10(9)24(12)13(16)17/h2-8,13H,1H3. The zero-order valence-corrected chi connectivity index (χ0v) is 13.5. The Kier molecular flexibility index (Phi) is 4.63. The Morgan fingerprint density at radius 2 is 1.80 bits per heavy atom. The van der Waals surface area contributed by atoms with Gasteiger partial charge in [-0.15, -0.1) is 0 Å². The van der Waals surface area contributed by atoms with Gasteiger partial charge in [-0.05, 0) is 25.1 Å². The van der Waals surface area contributed by atoms with Crippen LogP contribution in [0.3, 0.4) is 0 Å². The lowest BCUT2D eigenvalue weighted by Crippen LogP contribution is -2.10. The van der Waals surface area contributed by atoms with E-state index >= 15 is 0 Å². The van der Waals surface area contributed by atoms with E-state index in [0.29, 0.717) is 5.52 Å². The number of thioether (sulfide) groups is 1. The minimum absolute atomic E-state index is 0.0437. The molecule has 0 amide bonds. The van der Waals surface area contributed by atoms with Crippen LogP contribution in [0.5, 0.6) is 0 Å². The molecule has 0 spiro atoms. The number of para-hydroxylation sites is 2. The van der Waals surface area contributed by atoms with Crippen LogP contribution in [-0.2, 0) is 6.18 Å². The number of halogens is 5. The van der Waals surface area contributed by atoms with Gasteiger partial charge in [0.25, 0.3) is 0 Å². The first-order chi connectivity index (χ1) is 11.8. The van der Waals surface area contributed by atoms with Crippen molar-refractivity contribution in [3.8, 4) is 0 Å². The lowest BCUT2D eigenvalue weighted by atomic mass is 10.3. The van der Waals surface area contributed by atoms with Gasteiger partial charge in [0.15, 0.2) is 5.16 Å². The summed E-state index contributed by atoms with van der Waals surface area (Å²) < 4.78 is 65.8. The Labute approximate surface area is 143 Å². The molecule has 4 nitrogen and oxygen atoms in total. The van der Waals surface area contributed by atoms with Crippen molar-refractivity contribution in [2.24, 2.45) is 0 Å². The SMILES string of the molecule is CC(Sc1nccc(C(F)(F)F)n1)c1nc2ccccc2n1C(F)F. The van der Waals surface area contributed by atoms with Gasteiger partial charge in [-0.1, -0.05) is 23.9 Å². The first-order valence-corrected chi connectivity index (χ1v) is 7.97. The van der Waals surface area contributed by atoms with Crippen molar-refractivity contribution in [1.29, 1.82) is 0 Å². The largest absolute Gasteiger partial charge is 0.433 e. The Hall–Kier alpha value is -2.23. The average molecular weight is 374 g/mol. The van der Waals surface area contributed by atoms with Crippen LogP contribution in [0.1, 0.15) is 30.2 Å². The monoisotopic (exact) mass is 374 g/mol. The van der Waals surface area contributed by atoms with E-state index in [9.17, 15) is 22.0 Å². The molecular weight excluding hydrogens is 363 g/mol. The quantitative estimate of drug-likeness (QED) is 0.362. The first-order valence-electron chi connectivity index (χ1n) is 7.09. The molecule has 2 heterocycles. The Balaban J connectivity index is 1.95. The summed E-state index contributed by atoms with van der Waals surface area (Å²) in [4.78, 5) is 11.4. The number of rotatable bonds is 4. The van der Waals surface area contributed by atoms with E-state index in [1.165, 1.54) is 6.07 Å². The minimum atomic E-state index is -4.60. The van der Waals surface area contributed by atoms with E-state index in [1.807, 2.05) is 0 Å². The van der Waals surface area contributed by atoms with Crippen LogP contribution in [-0.4, -0.2) is 19.5 Å². The smallest absolute Gasteiger partial charge is 0.269 e. The minimum Gasteiger partial charge on any atom is -0.269 e. The van der Waals surface area contributed by atoms with Crippen molar-refractivity contribution in [2.75, 3.05) is 0 Å². The Morgan fingerprint density at radius 3 is 2.48 bits per heavy atom. The van der Waals surface area contributed by atoms with Crippen LogP contribution in [0.15, 0.2) is 41.7 Å². The third kappa shape index (κ3) is 3.58. The van der Waals surface area contributed by atoms with E-state index in [-0.39, 0.29) is 16.5 Å². The van der Waals surface area contributed by atoms with E-state index < -0.39 is 23.7 Å². The maximum absolute atomic E-state index is 13.4. The van der Waals surface area contributed by atoms with E-state index in [0.717, 1.165) is 28.6 Å². The van der Waals surface area contributed by atoms with Crippen LogP contribution in [0.2, 0.25) is 0 Å². The summed E-state index contributed by atoms with van der Waals surface area (Å²) in [5, 5.41) is -0.833. The summed E-state index contributed by atoms with van der Waals surface area (Å²) in [5.74, 6) is 0.0437. The summed E-state index contributed by atoms with van der Waals surface area (Å²) >= 11 is 0.835. The lowest BCUT2D eigenvalue weighted by molar-refractivity contribution is -0.141. The number of fused-ring (bicyclic) bond motifs is 1. The fraction of sp³-hybridized carbons (Fsp3) is 0.267. The highest BCUT2D eigenvalue weighted by Gasteiger charge is 2.33. The van der Waals surface area contributed by atoms with Gasteiger partial charge in [0, 0.05) is 6.20 Å². The third-order valence-corrected chi connectivity index (χ3v) is 4.36. The summed E-state index contributed by atoms with van der Waals surface area (Å²) in [6, 6.07) is 7.14. The van der Waals surface area contributed by atoms with E-state index in [1.54, 1.807) is 25.1 Å². The van der Waals surface area contributed by atoms with E-state index in [4.69, 9.17) is 0 Å². The number of alkyl halides is 5. The molecular formula is C15H11F5N4S. The molecule has 0 aliphatic carbocycles. The second-order valence-corrected chi connectivity index (χ2v) is 6.40. The van der Waals surface area contributed by atoms with Gasteiger partial charge in [-0.3, -0.25) is 4.57 Å². The molecule has 0 fully saturated rings. The molecule has 0 aliphatic heterocycles. The summed E-state index contributed by atoms with van der Waals surface area (Å²) in [5.41, 5.74) is -0.445. The summed E-state index contributed by atoms with van der Waals surface area (Å²) in [6.07, 6.45) is -3.61. The molecule has 3 rings (SSSR count). The zero-order chi connectivity index (χ0) is 18.2. The van der Waals surface area contributed by atoms with Crippen LogP contribution in [0.4, 0.5) is 22.0 Å². The van der Waals surface area contributed by atoms with Crippen LogP contribution < -0.4 is 0 Å². The second kappa shape index (κ2) is 6.58. The van der Waals surface area contributed by atoms with Gasteiger partial charge in [0.05, 0.1) is 16.3 Å². The zero-order valence-electron chi connectivity index (χ0n) is 12.7. The summed E-state index contributed by atoms with van der Waals surface area (Å²) in [7, 11) is 0.